The molecule has 1 aliphatic rings. The van der Waals surface area contributed by atoms with Crippen LogP contribution >= 0.6 is 0 Å². The van der Waals surface area contributed by atoms with Crippen LogP contribution in [0.25, 0.3) is 0 Å². The largest absolute Gasteiger partial charge is 0.326 e. The van der Waals surface area contributed by atoms with Crippen LogP contribution in [0.5, 0.6) is 0 Å². The van der Waals surface area contributed by atoms with Gasteiger partial charge in [0.1, 0.15) is 5.82 Å². The first-order chi connectivity index (χ1) is 14.2. The summed E-state index contributed by atoms with van der Waals surface area (Å²) in [5.74, 6) is -0.700. The van der Waals surface area contributed by atoms with E-state index in [-0.39, 0.29) is 35.6 Å². The zero-order valence-corrected chi connectivity index (χ0v) is 17.4. The summed E-state index contributed by atoms with van der Waals surface area (Å²) in [7, 11) is -3.75. The van der Waals surface area contributed by atoms with Gasteiger partial charge in [-0.1, -0.05) is 6.07 Å². The number of anilines is 2. The van der Waals surface area contributed by atoms with Gasteiger partial charge in [0.25, 0.3) is 0 Å². The van der Waals surface area contributed by atoms with Crippen molar-refractivity contribution in [2.45, 2.75) is 37.5 Å². The van der Waals surface area contributed by atoms with Crippen molar-refractivity contribution >= 4 is 33.2 Å². The number of aryl methyl sites for hydroxylation is 1. The fraction of sp³-hybridized carbons (Fsp3) is 0.333. The van der Waals surface area contributed by atoms with Crippen LogP contribution in [0.3, 0.4) is 0 Å². The van der Waals surface area contributed by atoms with Crippen molar-refractivity contribution < 1.29 is 22.4 Å². The van der Waals surface area contributed by atoms with Crippen LogP contribution in [-0.4, -0.2) is 26.8 Å². The molecular weight excluding hydrogens is 409 g/mol. The highest BCUT2D eigenvalue weighted by Gasteiger charge is 2.29. The van der Waals surface area contributed by atoms with Crippen molar-refractivity contribution in [2.24, 2.45) is 5.92 Å². The zero-order chi connectivity index (χ0) is 21.7. The summed E-state index contributed by atoms with van der Waals surface area (Å²) in [6.45, 7) is 1.92. The Balaban J connectivity index is 1.47. The quantitative estimate of drug-likeness (QED) is 0.528. The zero-order valence-electron chi connectivity index (χ0n) is 16.6. The Kier molecular flexibility index (Phi) is 6.84. The number of sulfonamides is 1. The number of benzene rings is 2. The van der Waals surface area contributed by atoms with Crippen molar-refractivity contribution in [2.75, 3.05) is 17.2 Å². The highest BCUT2D eigenvalue weighted by atomic mass is 32.2. The predicted octanol–water partition coefficient (Wildman–Crippen LogP) is 3.18. The molecule has 0 radical (unpaired) electrons. The SMILES string of the molecule is Cc1ccc(NC(=O)C2CC2)cc1NC(=O)CCCNS(=O)(=O)c1ccc(F)cc1. The minimum absolute atomic E-state index is 0.00966. The number of amides is 2. The molecule has 30 heavy (non-hydrogen) atoms. The van der Waals surface area contributed by atoms with Crippen molar-refractivity contribution in [1.82, 2.24) is 4.72 Å². The maximum absolute atomic E-state index is 12.9. The second kappa shape index (κ2) is 9.36. The molecule has 0 unspecified atom stereocenters. The van der Waals surface area contributed by atoms with E-state index in [0.29, 0.717) is 17.8 Å². The van der Waals surface area contributed by atoms with E-state index in [1.165, 1.54) is 12.1 Å². The topological polar surface area (TPSA) is 104 Å². The maximum Gasteiger partial charge on any atom is 0.240 e. The Morgan fingerprint density at radius 1 is 1.07 bits per heavy atom. The van der Waals surface area contributed by atoms with Gasteiger partial charge in [-0.25, -0.2) is 17.5 Å². The van der Waals surface area contributed by atoms with Gasteiger partial charge in [-0.2, -0.15) is 0 Å². The first-order valence-electron chi connectivity index (χ1n) is 9.71. The average Bonchev–Trinajstić information content (AvgIpc) is 3.54. The van der Waals surface area contributed by atoms with Gasteiger partial charge in [-0.05, 0) is 68.1 Å². The lowest BCUT2D eigenvalue weighted by molar-refractivity contribution is -0.117. The van der Waals surface area contributed by atoms with Gasteiger partial charge in [0.15, 0.2) is 0 Å². The first-order valence-corrected chi connectivity index (χ1v) is 11.2. The second-order valence-electron chi connectivity index (χ2n) is 7.30. The van der Waals surface area contributed by atoms with Crippen LogP contribution in [-0.2, 0) is 19.6 Å². The lowest BCUT2D eigenvalue weighted by Crippen LogP contribution is -2.25. The molecule has 160 valence electrons. The Morgan fingerprint density at radius 3 is 2.43 bits per heavy atom. The van der Waals surface area contributed by atoms with E-state index < -0.39 is 15.8 Å². The molecular formula is C21H24FN3O4S. The number of carbonyl (C=O) groups is 2. The predicted molar refractivity (Wildman–Crippen MR) is 112 cm³/mol. The van der Waals surface area contributed by atoms with E-state index in [1.807, 2.05) is 13.0 Å². The normalized spacial score (nSPS) is 13.7. The Labute approximate surface area is 175 Å². The fourth-order valence-corrected chi connectivity index (χ4v) is 3.86. The molecule has 0 aliphatic heterocycles. The third kappa shape index (κ3) is 6.11. The monoisotopic (exact) mass is 433 g/mol. The van der Waals surface area contributed by atoms with Gasteiger partial charge in [-0.15, -0.1) is 0 Å². The number of rotatable bonds is 9. The smallest absolute Gasteiger partial charge is 0.240 e. The summed E-state index contributed by atoms with van der Waals surface area (Å²) in [6, 6.07) is 9.83. The Morgan fingerprint density at radius 2 is 1.77 bits per heavy atom. The number of hydrogen-bond donors (Lipinski definition) is 3. The van der Waals surface area contributed by atoms with E-state index in [4.69, 9.17) is 0 Å². The average molecular weight is 434 g/mol. The van der Waals surface area contributed by atoms with Crippen LogP contribution in [0.2, 0.25) is 0 Å². The van der Waals surface area contributed by atoms with Crippen LogP contribution in [0.1, 0.15) is 31.2 Å². The van der Waals surface area contributed by atoms with E-state index in [9.17, 15) is 22.4 Å². The maximum atomic E-state index is 12.9. The van der Waals surface area contributed by atoms with Gasteiger partial charge in [-0.3, -0.25) is 9.59 Å². The molecule has 0 heterocycles. The first kappa shape index (κ1) is 21.9. The van der Waals surface area contributed by atoms with E-state index in [1.54, 1.807) is 12.1 Å². The summed E-state index contributed by atoms with van der Waals surface area (Å²) in [5.41, 5.74) is 2.07. The molecule has 0 spiro atoms. The Bertz CT molecular complexity index is 1030. The van der Waals surface area contributed by atoms with Crippen LogP contribution < -0.4 is 15.4 Å². The number of carbonyl (C=O) groups excluding carboxylic acids is 2. The summed E-state index contributed by atoms with van der Waals surface area (Å²) < 4.78 is 39.6. The summed E-state index contributed by atoms with van der Waals surface area (Å²) in [6.07, 6.45) is 2.23. The summed E-state index contributed by atoms with van der Waals surface area (Å²) >= 11 is 0. The highest BCUT2D eigenvalue weighted by molar-refractivity contribution is 7.89. The van der Waals surface area contributed by atoms with Crippen LogP contribution in [0, 0.1) is 18.7 Å². The molecule has 9 heteroatoms. The minimum atomic E-state index is -3.75. The molecule has 2 amide bonds. The van der Waals surface area contributed by atoms with Crippen LogP contribution in [0.4, 0.5) is 15.8 Å². The van der Waals surface area contributed by atoms with E-state index >= 15 is 0 Å². The molecule has 0 aromatic heterocycles. The molecule has 0 bridgehead atoms. The molecule has 1 aliphatic carbocycles. The molecule has 0 atom stereocenters. The van der Waals surface area contributed by atoms with Gasteiger partial charge in [0.05, 0.1) is 4.90 Å². The van der Waals surface area contributed by atoms with E-state index in [2.05, 4.69) is 15.4 Å². The molecule has 1 fully saturated rings. The molecule has 2 aromatic rings. The number of halogens is 1. The molecule has 3 N–H and O–H groups in total. The standard InChI is InChI=1S/C21H24FN3O4S/c1-14-4-9-17(24-21(27)15-5-6-15)13-19(14)25-20(26)3-2-12-23-30(28,29)18-10-7-16(22)8-11-18/h4,7-11,13,15,23H,2-3,5-6,12H2,1H3,(H,24,27)(H,25,26). The second-order valence-corrected chi connectivity index (χ2v) is 9.06. The minimum Gasteiger partial charge on any atom is -0.326 e. The number of nitrogens with one attached hydrogen (secondary N) is 3. The van der Waals surface area contributed by atoms with Gasteiger partial charge < -0.3 is 10.6 Å². The van der Waals surface area contributed by atoms with Crippen LogP contribution in [0.15, 0.2) is 47.4 Å². The van der Waals surface area contributed by atoms with Gasteiger partial charge in [0, 0.05) is 30.3 Å². The van der Waals surface area contributed by atoms with Crippen molar-refractivity contribution in [3.8, 4) is 0 Å². The molecule has 2 aromatic carbocycles. The molecule has 3 rings (SSSR count). The van der Waals surface area contributed by atoms with Gasteiger partial charge >= 0.3 is 0 Å². The van der Waals surface area contributed by atoms with Gasteiger partial charge in [0.2, 0.25) is 21.8 Å². The third-order valence-corrected chi connectivity index (χ3v) is 6.20. The lowest BCUT2D eigenvalue weighted by Gasteiger charge is -2.12. The van der Waals surface area contributed by atoms with Crippen molar-refractivity contribution in [3.05, 3.63) is 53.8 Å². The molecule has 7 nitrogen and oxygen atoms in total. The summed E-state index contributed by atoms with van der Waals surface area (Å²) in [4.78, 5) is 24.1. The fourth-order valence-electron chi connectivity index (χ4n) is 2.79. The summed E-state index contributed by atoms with van der Waals surface area (Å²) in [5, 5.41) is 5.64. The number of hydrogen-bond acceptors (Lipinski definition) is 4. The Hall–Kier alpha value is -2.78. The lowest BCUT2D eigenvalue weighted by atomic mass is 10.1. The van der Waals surface area contributed by atoms with Crippen molar-refractivity contribution in [3.63, 3.8) is 0 Å². The molecule has 1 saturated carbocycles. The third-order valence-electron chi connectivity index (χ3n) is 4.72. The highest BCUT2D eigenvalue weighted by Crippen LogP contribution is 2.30. The van der Waals surface area contributed by atoms with E-state index in [0.717, 1.165) is 30.5 Å². The van der Waals surface area contributed by atoms with Crippen molar-refractivity contribution in [1.29, 1.82) is 0 Å². The molecule has 0 saturated heterocycles.